The van der Waals surface area contributed by atoms with Crippen LogP contribution in [0.4, 0.5) is 0 Å². The number of rotatable bonds is 19. The lowest BCUT2D eigenvalue weighted by atomic mass is 9.94. The van der Waals surface area contributed by atoms with Crippen molar-refractivity contribution in [2.45, 2.75) is 174 Å². The maximum Gasteiger partial charge on any atom is 0.335 e. The minimum Gasteiger partial charge on any atom is -0.479 e. The highest BCUT2D eigenvalue weighted by molar-refractivity contribution is 5.75. The van der Waals surface area contributed by atoms with Gasteiger partial charge < -0.3 is 130 Å². The van der Waals surface area contributed by atoms with Crippen LogP contribution in [0.5, 0.6) is 0 Å². The van der Waals surface area contributed by atoms with E-state index < -0.39 is 203 Å². The second-order valence-corrected chi connectivity index (χ2v) is 16.9. The number of aliphatic hydroxyl groups excluding tert-OH is 11. The van der Waals surface area contributed by atoms with Gasteiger partial charge in [0.15, 0.2) is 43.7 Å². The monoisotopic (exact) mass is 1020 g/mol. The second kappa shape index (κ2) is 24.8. The van der Waals surface area contributed by atoms with Gasteiger partial charge in [-0.3, -0.25) is 14.4 Å². The lowest BCUT2D eigenvalue weighted by Gasteiger charge is -2.49. The summed E-state index contributed by atoms with van der Waals surface area (Å²) >= 11 is 0. The number of carbonyl (C=O) groups excluding carboxylic acids is 3. The molecule has 5 aliphatic rings. The first-order chi connectivity index (χ1) is 32.9. The predicted octanol–water partition coefficient (Wildman–Crippen LogP) is -10.1. The molecule has 0 aromatic carbocycles. The zero-order valence-corrected chi connectivity index (χ0v) is 37.5. The van der Waals surface area contributed by atoms with E-state index in [9.17, 15) is 90.4 Å². The number of carboxylic acid groups (broad SMARTS) is 2. The summed E-state index contributed by atoms with van der Waals surface area (Å²) in [6.45, 7) is 3.81. The Morgan fingerprint density at radius 1 is 0.471 bits per heavy atom. The Balaban J connectivity index is 1.50. The number of hydrogen-bond donors (Lipinski definition) is 16. The highest BCUT2D eigenvalue weighted by Crippen LogP contribution is 2.34. The summed E-state index contributed by atoms with van der Waals surface area (Å²) < 4.78 is 57.5. The predicted molar refractivity (Wildman–Crippen MR) is 216 cm³/mol. The van der Waals surface area contributed by atoms with Crippen LogP contribution < -0.4 is 16.0 Å². The maximum absolute atomic E-state index is 12.8. The van der Waals surface area contributed by atoms with Gasteiger partial charge in [-0.1, -0.05) is 6.08 Å². The molecule has 0 saturated carbocycles. The van der Waals surface area contributed by atoms with E-state index in [1.54, 1.807) is 0 Å². The van der Waals surface area contributed by atoms with Crippen LogP contribution in [-0.2, 0) is 71.3 Å². The Labute approximate surface area is 396 Å². The van der Waals surface area contributed by atoms with Crippen molar-refractivity contribution < 1.29 is 138 Å². The van der Waals surface area contributed by atoms with E-state index in [2.05, 4.69) is 22.5 Å². The number of carbonyl (C=O) groups is 5. The molecule has 400 valence electrons. The summed E-state index contributed by atoms with van der Waals surface area (Å²) in [5.74, 6) is -5.95. The average molecular weight is 1020 g/mol. The standard InChI is InChI=1S/C39H61N3O28/c1-5-6-61-36-17(41-11(3)45)29(67-38-27(55)23(51)25(53)31(69-38)33(57)58)20(48)14(65-36)9-63-37-18(42-12(4)46)30(68-39-28(56)24(52)26(54)32(70-39)34(59)60)21(49)15(66-37)8-62-35-16(40-10(2)44)22(50)19(47)13(7-43)64-35/h5,13-32,35-39,43,47-56H,1,6-9H2,2-4H3,(H,40,44)(H,41,45)(H,42,46)(H,57,58)(H,59,60)/t13-,14-,15-,16-,17-,18-,19+,20+,21+,22-,23+,24+,25+,26+,27-,28-,29-,30-,31+,32+,35-,36-,37-,38-,39-/m1/s1. The summed E-state index contributed by atoms with van der Waals surface area (Å²) in [6.07, 6.45) is -42.2. The van der Waals surface area contributed by atoms with Crippen molar-refractivity contribution in [1.29, 1.82) is 0 Å². The third kappa shape index (κ3) is 13.1. The first-order valence-electron chi connectivity index (χ1n) is 21.6. The van der Waals surface area contributed by atoms with E-state index in [0.29, 0.717) is 0 Å². The third-order valence-electron chi connectivity index (χ3n) is 11.8. The number of aliphatic carboxylic acids is 2. The summed E-state index contributed by atoms with van der Waals surface area (Å²) in [4.78, 5) is 61.2. The van der Waals surface area contributed by atoms with Gasteiger partial charge in [-0.2, -0.15) is 0 Å². The highest BCUT2D eigenvalue weighted by Gasteiger charge is 2.56. The lowest BCUT2D eigenvalue weighted by Crippen LogP contribution is -2.70. The molecule has 5 heterocycles. The van der Waals surface area contributed by atoms with E-state index in [1.165, 1.54) is 6.08 Å². The Morgan fingerprint density at radius 3 is 1.21 bits per heavy atom. The van der Waals surface area contributed by atoms with Crippen molar-refractivity contribution in [3.8, 4) is 0 Å². The maximum atomic E-state index is 12.8. The third-order valence-corrected chi connectivity index (χ3v) is 11.8. The van der Waals surface area contributed by atoms with E-state index in [4.69, 9.17) is 47.4 Å². The van der Waals surface area contributed by atoms with Gasteiger partial charge in [0, 0.05) is 20.8 Å². The molecule has 0 aromatic heterocycles. The molecule has 31 nitrogen and oxygen atoms in total. The van der Waals surface area contributed by atoms with E-state index in [0.717, 1.165) is 20.8 Å². The van der Waals surface area contributed by atoms with Crippen LogP contribution in [0.25, 0.3) is 0 Å². The molecule has 5 fully saturated rings. The fraction of sp³-hybridized carbons (Fsp3) is 0.821. The van der Waals surface area contributed by atoms with E-state index in [-0.39, 0.29) is 6.61 Å². The Morgan fingerprint density at radius 2 is 0.843 bits per heavy atom. The second-order valence-electron chi connectivity index (χ2n) is 16.9. The molecule has 0 spiro atoms. The van der Waals surface area contributed by atoms with Gasteiger partial charge >= 0.3 is 11.9 Å². The number of nitrogens with one attached hydrogen (secondary N) is 3. The van der Waals surface area contributed by atoms with E-state index >= 15 is 0 Å². The molecule has 0 radical (unpaired) electrons. The number of carboxylic acids is 2. The summed E-state index contributed by atoms with van der Waals surface area (Å²) in [6, 6.07) is -4.81. The smallest absolute Gasteiger partial charge is 0.335 e. The molecular weight excluding hydrogens is 958 g/mol. The van der Waals surface area contributed by atoms with E-state index in [1.807, 2.05) is 0 Å². The van der Waals surface area contributed by atoms with Crippen molar-refractivity contribution >= 4 is 29.7 Å². The Kier molecular flexibility index (Phi) is 20.2. The molecule has 0 unspecified atom stereocenters. The minimum atomic E-state index is -2.22. The van der Waals surface area contributed by atoms with Crippen molar-refractivity contribution in [3.63, 3.8) is 0 Å². The van der Waals surface area contributed by atoms with Crippen LogP contribution in [-0.4, -0.2) is 276 Å². The van der Waals surface area contributed by atoms with Crippen molar-refractivity contribution in [2.24, 2.45) is 0 Å². The normalized spacial score (nSPS) is 44.4. The zero-order valence-electron chi connectivity index (χ0n) is 37.5. The van der Waals surface area contributed by atoms with Crippen LogP contribution in [0.3, 0.4) is 0 Å². The molecule has 16 N–H and O–H groups in total. The van der Waals surface area contributed by atoms with Gasteiger partial charge in [0.25, 0.3) is 0 Å². The number of aliphatic hydroxyl groups is 11. The first-order valence-corrected chi connectivity index (χ1v) is 21.6. The summed E-state index contributed by atoms with van der Waals surface area (Å²) in [5.41, 5.74) is 0. The molecule has 5 rings (SSSR count). The fourth-order valence-corrected chi connectivity index (χ4v) is 8.29. The first kappa shape index (κ1) is 57.2. The van der Waals surface area contributed by atoms with Crippen LogP contribution in [0.1, 0.15) is 20.8 Å². The number of ether oxygens (including phenoxy) is 10. The van der Waals surface area contributed by atoms with Gasteiger partial charge in [-0.15, -0.1) is 6.58 Å². The van der Waals surface area contributed by atoms with Crippen molar-refractivity contribution in [1.82, 2.24) is 16.0 Å². The molecule has 0 bridgehead atoms. The fourth-order valence-electron chi connectivity index (χ4n) is 8.29. The van der Waals surface area contributed by atoms with Crippen LogP contribution in [0.2, 0.25) is 0 Å². The number of hydrogen-bond acceptors (Lipinski definition) is 26. The summed E-state index contributed by atoms with van der Waals surface area (Å²) in [5, 5.41) is 145. The van der Waals surface area contributed by atoms with Gasteiger partial charge in [-0.25, -0.2) is 9.59 Å². The highest BCUT2D eigenvalue weighted by atomic mass is 16.8. The van der Waals surface area contributed by atoms with Crippen LogP contribution >= 0.6 is 0 Å². The van der Waals surface area contributed by atoms with Crippen LogP contribution in [0.15, 0.2) is 12.7 Å². The molecule has 25 atom stereocenters. The molecule has 3 amide bonds. The van der Waals surface area contributed by atoms with Crippen molar-refractivity contribution in [3.05, 3.63) is 12.7 Å². The Bertz CT molecular complexity index is 1800. The van der Waals surface area contributed by atoms with Crippen molar-refractivity contribution in [2.75, 3.05) is 26.4 Å². The largest absolute Gasteiger partial charge is 0.479 e. The Hall–Kier alpha value is -3.75. The molecule has 0 aliphatic carbocycles. The zero-order chi connectivity index (χ0) is 52.0. The topological polar surface area (TPSA) is 477 Å². The molecule has 70 heavy (non-hydrogen) atoms. The SMILES string of the molecule is C=CCO[C@@H]1O[C@H](CO[C@@H]2O[C@H](CO[C@@H]3O[C@H](CO)[C@H](O)[C@H](O)[C@H]3NC(C)=O)[C@H](O)[C@H](O[C@@H]3O[C@H](C(=O)O)[C@@H](O)[C@H](O)[C@H]3O)[C@H]2NC(C)=O)[C@H](O)[C@H](O[C@@H]2O[C@H](C(=O)O)[C@@H](O)[C@H](O)[C@H]2O)[C@H]1NC(C)=O. The van der Waals surface area contributed by atoms with Gasteiger partial charge in [0.2, 0.25) is 17.7 Å². The minimum absolute atomic E-state index is 0.285. The molecule has 0 aromatic rings. The van der Waals surface area contributed by atoms with Gasteiger partial charge in [0.1, 0.15) is 110 Å². The number of amides is 3. The van der Waals surface area contributed by atoms with Crippen LogP contribution in [0, 0.1) is 0 Å². The quantitative estimate of drug-likeness (QED) is 0.0534. The molecule has 31 heteroatoms. The lowest BCUT2D eigenvalue weighted by molar-refractivity contribution is -0.355. The molecular formula is C39H61N3O28. The average Bonchev–Trinajstić information content (AvgIpc) is 3.29. The summed E-state index contributed by atoms with van der Waals surface area (Å²) in [7, 11) is 0. The molecule has 5 aliphatic heterocycles. The van der Waals surface area contributed by atoms with Gasteiger partial charge in [0.05, 0.1) is 26.4 Å². The van der Waals surface area contributed by atoms with Gasteiger partial charge in [-0.05, 0) is 0 Å². The molecule has 5 saturated heterocycles.